The van der Waals surface area contributed by atoms with Gasteiger partial charge in [0.25, 0.3) is 10.0 Å². The molecule has 0 N–H and O–H groups in total. The van der Waals surface area contributed by atoms with Gasteiger partial charge in [0.1, 0.15) is 5.82 Å². The summed E-state index contributed by atoms with van der Waals surface area (Å²) in [6.45, 7) is 1.76. The third-order valence-electron chi connectivity index (χ3n) is 1.92. The molecule has 0 saturated carbocycles. The summed E-state index contributed by atoms with van der Waals surface area (Å²) < 4.78 is 26.0. The van der Waals surface area contributed by atoms with E-state index in [1.807, 2.05) is 0 Å². The molecule has 1 rings (SSSR count). The first kappa shape index (κ1) is 10.2. The predicted octanol–water partition coefficient (Wildman–Crippen LogP) is -0.0212. The molecule has 0 aliphatic heterocycles. The lowest BCUT2D eigenvalue weighted by molar-refractivity contribution is 0.511. The zero-order chi connectivity index (χ0) is 10.2. The van der Waals surface area contributed by atoms with Crippen molar-refractivity contribution >= 4 is 10.0 Å². The van der Waals surface area contributed by atoms with Gasteiger partial charge in [0, 0.05) is 21.1 Å². The first-order valence-corrected chi connectivity index (χ1v) is 5.22. The molecular formula is C7H13N3O2S. The van der Waals surface area contributed by atoms with Crippen LogP contribution in [0.2, 0.25) is 0 Å². The normalized spacial score (nSPS) is 12.4. The maximum Gasteiger partial charge on any atom is 0.259 e. The maximum absolute atomic E-state index is 11.6. The molecule has 0 bridgehead atoms. The molecule has 1 aromatic rings. The Labute approximate surface area is 78.1 Å². The van der Waals surface area contributed by atoms with Crippen LogP contribution in [0, 0.1) is 6.92 Å². The lowest BCUT2D eigenvalue weighted by Crippen LogP contribution is -2.24. The molecule has 0 amide bonds. The van der Waals surface area contributed by atoms with Crippen LogP contribution in [0.25, 0.3) is 0 Å². The van der Waals surface area contributed by atoms with Crippen molar-refractivity contribution in [1.29, 1.82) is 0 Å². The quantitative estimate of drug-likeness (QED) is 0.678. The summed E-state index contributed by atoms with van der Waals surface area (Å²) in [6.07, 6.45) is 1.37. The number of imidazole rings is 1. The summed E-state index contributed by atoms with van der Waals surface area (Å²) in [4.78, 5) is 3.92. The fourth-order valence-corrected chi connectivity index (χ4v) is 1.95. The van der Waals surface area contributed by atoms with Gasteiger partial charge in [-0.15, -0.1) is 0 Å². The molecule has 0 unspecified atom stereocenters. The van der Waals surface area contributed by atoms with E-state index in [-0.39, 0.29) is 5.03 Å². The second-order valence-corrected chi connectivity index (χ2v) is 5.09. The summed E-state index contributed by atoms with van der Waals surface area (Å²) in [5.74, 6) is 0.681. The van der Waals surface area contributed by atoms with Crippen LogP contribution < -0.4 is 0 Å². The lowest BCUT2D eigenvalue weighted by Gasteiger charge is -2.11. The van der Waals surface area contributed by atoms with E-state index in [9.17, 15) is 8.42 Å². The second kappa shape index (κ2) is 3.12. The largest absolute Gasteiger partial charge is 0.321 e. The van der Waals surface area contributed by atoms with Crippen molar-refractivity contribution < 1.29 is 8.42 Å². The van der Waals surface area contributed by atoms with Crippen molar-refractivity contribution in [3.05, 3.63) is 12.0 Å². The topological polar surface area (TPSA) is 55.2 Å². The molecule has 0 fully saturated rings. The third-order valence-corrected chi connectivity index (χ3v) is 3.79. The highest BCUT2D eigenvalue weighted by Crippen LogP contribution is 2.12. The van der Waals surface area contributed by atoms with Gasteiger partial charge in [-0.25, -0.2) is 17.7 Å². The van der Waals surface area contributed by atoms with Crippen molar-refractivity contribution in [2.75, 3.05) is 14.1 Å². The van der Waals surface area contributed by atoms with Crippen LogP contribution in [-0.2, 0) is 17.1 Å². The molecule has 74 valence electrons. The van der Waals surface area contributed by atoms with Crippen LogP contribution in [-0.4, -0.2) is 36.4 Å². The minimum absolute atomic E-state index is 0.218. The number of aromatic nitrogens is 2. The standard InChI is InChI=1S/C7H13N3O2S/c1-6-8-5-7(10(6)4)13(11,12)9(2)3/h5H,1-4H3. The molecule has 1 aromatic heterocycles. The molecule has 0 aliphatic carbocycles. The first-order chi connectivity index (χ1) is 5.87. The van der Waals surface area contributed by atoms with Crippen LogP contribution in [0.3, 0.4) is 0 Å². The van der Waals surface area contributed by atoms with Gasteiger partial charge in [-0.1, -0.05) is 0 Å². The summed E-state index contributed by atoms with van der Waals surface area (Å²) in [5, 5.41) is 0.218. The van der Waals surface area contributed by atoms with E-state index in [2.05, 4.69) is 4.98 Å². The lowest BCUT2D eigenvalue weighted by atomic mass is 10.7. The Morgan fingerprint density at radius 1 is 1.46 bits per heavy atom. The molecular weight excluding hydrogens is 190 g/mol. The molecule has 0 spiro atoms. The van der Waals surface area contributed by atoms with Crippen LogP contribution in [0.1, 0.15) is 5.82 Å². The highest BCUT2D eigenvalue weighted by atomic mass is 32.2. The smallest absolute Gasteiger partial charge is 0.259 e. The Morgan fingerprint density at radius 3 is 2.31 bits per heavy atom. The van der Waals surface area contributed by atoms with Crippen molar-refractivity contribution in [3.63, 3.8) is 0 Å². The summed E-state index contributed by atoms with van der Waals surface area (Å²) in [6, 6.07) is 0. The molecule has 13 heavy (non-hydrogen) atoms. The van der Waals surface area contributed by atoms with Gasteiger partial charge in [-0.05, 0) is 6.92 Å². The summed E-state index contributed by atoms with van der Waals surface area (Å²) >= 11 is 0. The molecule has 0 saturated heterocycles. The average Bonchev–Trinajstić information content (AvgIpc) is 2.33. The first-order valence-electron chi connectivity index (χ1n) is 3.78. The average molecular weight is 203 g/mol. The van der Waals surface area contributed by atoms with Crippen molar-refractivity contribution in [3.8, 4) is 0 Å². The van der Waals surface area contributed by atoms with Crippen LogP contribution in [0.4, 0.5) is 0 Å². The summed E-state index contributed by atoms with van der Waals surface area (Å²) in [5.41, 5.74) is 0. The number of aryl methyl sites for hydroxylation is 1. The highest BCUT2D eigenvalue weighted by molar-refractivity contribution is 7.89. The number of rotatable bonds is 2. The minimum atomic E-state index is -3.35. The van der Waals surface area contributed by atoms with Gasteiger partial charge in [-0.3, -0.25) is 0 Å². The van der Waals surface area contributed by atoms with E-state index >= 15 is 0 Å². The molecule has 0 atom stereocenters. The van der Waals surface area contributed by atoms with E-state index in [4.69, 9.17) is 0 Å². The Bertz CT molecular complexity index is 405. The fraction of sp³-hybridized carbons (Fsp3) is 0.571. The molecule has 0 aliphatic rings. The number of hydrogen-bond donors (Lipinski definition) is 0. The Balaban J connectivity index is 3.32. The number of hydrogen-bond acceptors (Lipinski definition) is 3. The van der Waals surface area contributed by atoms with Gasteiger partial charge in [-0.2, -0.15) is 0 Å². The Hall–Kier alpha value is -0.880. The number of nitrogens with zero attached hydrogens (tertiary/aromatic N) is 3. The molecule has 0 radical (unpaired) electrons. The molecule has 5 nitrogen and oxygen atoms in total. The van der Waals surface area contributed by atoms with E-state index in [0.29, 0.717) is 5.82 Å². The fourth-order valence-electron chi connectivity index (χ4n) is 0.908. The Morgan fingerprint density at radius 2 is 2.00 bits per heavy atom. The van der Waals surface area contributed by atoms with Crippen molar-refractivity contribution in [2.24, 2.45) is 7.05 Å². The molecule has 6 heteroatoms. The third kappa shape index (κ3) is 1.59. The molecule has 0 aromatic carbocycles. The minimum Gasteiger partial charge on any atom is -0.321 e. The SMILES string of the molecule is Cc1ncc(S(=O)(=O)N(C)C)n1C. The summed E-state index contributed by atoms with van der Waals surface area (Å²) in [7, 11) is 1.32. The predicted molar refractivity (Wildman–Crippen MR) is 48.8 cm³/mol. The van der Waals surface area contributed by atoms with Crippen LogP contribution in [0.15, 0.2) is 11.2 Å². The van der Waals surface area contributed by atoms with Crippen molar-refractivity contribution in [2.45, 2.75) is 11.9 Å². The van der Waals surface area contributed by atoms with Crippen LogP contribution >= 0.6 is 0 Å². The van der Waals surface area contributed by atoms with E-state index in [1.165, 1.54) is 24.6 Å². The van der Waals surface area contributed by atoms with Crippen LogP contribution in [0.5, 0.6) is 0 Å². The van der Waals surface area contributed by atoms with Crippen molar-refractivity contribution in [1.82, 2.24) is 13.9 Å². The zero-order valence-corrected chi connectivity index (χ0v) is 8.96. The second-order valence-electron chi connectivity index (χ2n) is 2.99. The number of sulfonamides is 1. The van der Waals surface area contributed by atoms with Gasteiger partial charge in [0.15, 0.2) is 5.03 Å². The van der Waals surface area contributed by atoms with E-state index in [0.717, 1.165) is 0 Å². The van der Waals surface area contributed by atoms with Gasteiger partial charge in [0.05, 0.1) is 6.20 Å². The Kier molecular flexibility index (Phi) is 2.44. The zero-order valence-electron chi connectivity index (χ0n) is 8.14. The van der Waals surface area contributed by atoms with E-state index in [1.54, 1.807) is 18.5 Å². The van der Waals surface area contributed by atoms with Gasteiger partial charge in [0.2, 0.25) is 0 Å². The maximum atomic E-state index is 11.6. The van der Waals surface area contributed by atoms with Gasteiger partial charge >= 0.3 is 0 Å². The highest BCUT2D eigenvalue weighted by Gasteiger charge is 2.21. The van der Waals surface area contributed by atoms with Gasteiger partial charge < -0.3 is 4.57 Å². The monoisotopic (exact) mass is 203 g/mol. The molecule has 1 heterocycles. The van der Waals surface area contributed by atoms with E-state index < -0.39 is 10.0 Å².